The molecule has 2 rings (SSSR count). The van der Waals surface area contributed by atoms with E-state index in [1.807, 2.05) is 0 Å². The van der Waals surface area contributed by atoms with Gasteiger partial charge in [-0.15, -0.1) is 0 Å². The molecule has 1 atom stereocenters. The maximum Gasteiger partial charge on any atom is 0.125 e. The van der Waals surface area contributed by atoms with Gasteiger partial charge in [-0.2, -0.15) is 0 Å². The first kappa shape index (κ1) is 16.8. The molecule has 1 aliphatic rings. The van der Waals surface area contributed by atoms with Crippen LogP contribution in [0.25, 0.3) is 0 Å². The van der Waals surface area contributed by atoms with Gasteiger partial charge in [0.25, 0.3) is 0 Å². The van der Waals surface area contributed by atoms with Crippen LogP contribution < -0.4 is 10.1 Å². The second-order valence-corrected chi connectivity index (χ2v) is 7.86. The Morgan fingerprint density at radius 2 is 2.00 bits per heavy atom. The third-order valence-corrected chi connectivity index (χ3v) is 5.03. The number of halogens is 1. The van der Waals surface area contributed by atoms with Gasteiger partial charge in [-0.25, -0.2) is 0 Å². The number of hydrogen-bond acceptors (Lipinski definition) is 2. The Kier molecular flexibility index (Phi) is 5.73. The predicted molar refractivity (Wildman–Crippen MR) is 92.9 cm³/mol. The van der Waals surface area contributed by atoms with E-state index in [1.165, 1.54) is 18.4 Å². The molecule has 0 spiro atoms. The Labute approximate surface area is 137 Å². The highest BCUT2D eigenvalue weighted by Crippen LogP contribution is 2.38. The van der Waals surface area contributed by atoms with Crippen molar-refractivity contribution in [2.45, 2.75) is 65.5 Å². The molecule has 1 aliphatic carbocycles. The zero-order chi connectivity index (χ0) is 15.5. The van der Waals surface area contributed by atoms with Crippen molar-refractivity contribution in [3.63, 3.8) is 0 Å². The molecule has 0 bridgehead atoms. The Morgan fingerprint density at radius 3 is 2.62 bits per heavy atom. The minimum Gasteiger partial charge on any atom is -0.490 e. The van der Waals surface area contributed by atoms with Crippen molar-refractivity contribution in [1.29, 1.82) is 0 Å². The van der Waals surface area contributed by atoms with Crippen molar-refractivity contribution in [2.24, 2.45) is 5.41 Å². The van der Waals surface area contributed by atoms with E-state index in [4.69, 9.17) is 4.74 Å². The molecule has 21 heavy (non-hydrogen) atoms. The lowest BCUT2D eigenvalue weighted by Gasteiger charge is -2.35. The highest BCUT2D eigenvalue weighted by atomic mass is 79.9. The standard InChI is InChI=1S/C18H28BrNO/c1-5-20-13(2)16-7-6-14(19)12-17(16)21-15-8-10-18(3,4)11-9-15/h6-7,12-13,15,20H,5,8-11H2,1-4H3. The molecular weight excluding hydrogens is 326 g/mol. The van der Waals surface area contributed by atoms with Crippen LogP contribution in [0.3, 0.4) is 0 Å². The van der Waals surface area contributed by atoms with E-state index in [0.29, 0.717) is 17.6 Å². The van der Waals surface area contributed by atoms with Crippen molar-refractivity contribution in [3.8, 4) is 5.75 Å². The molecule has 0 aromatic heterocycles. The van der Waals surface area contributed by atoms with Gasteiger partial charge in [0.15, 0.2) is 0 Å². The molecule has 0 aliphatic heterocycles. The predicted octanol–water partition coefficient (Wildman–Crippen LogP) is 5.47. The van der Waals surface area contributed by atoms with Crippen LogP contribution in [0, 0.1) is 5.41 Å². The van der Waals surface area contributed by atoms with Crippen LogP contribution in [0.2, 0.25) is 0 Å². The van der Waals surface area contributed by atoms with Crippen LogP contribution in [0.4, 0.5) is 0 Å². The van der Waals surface area contributed by atoms with Crippen molar-refractivity contribution >= 4 is 15.9 Å². The average Bonchev–Trinajstić information content (AvgIpc) is 2.41. The molecule has 1 aromatic carbocycles. The summed E-state index contributed by atoms with van der Waals surface area (Å²) >= 11 is 3.57. The van der Waals surface area contributed by atoms with Crippen LogP contribution >= 0.6 is 15.9 Å². The lowest BCUT2D eigenvalue weighted by atomic mass is 9.76. The number of ether oxygens (including phenoxy) is 1. The summed E-state index contributed by atoms with van der Waals surface area (Å²) in [4.78, 5) is 0. The fourth-order valence-corrected chi connectivity index (χ4v) is 3.39. The van der Waals surface area contributed by atoms with E-state index < -0.39 is 0 Å². The highest BCUT2D eigenvalue weighted by molar-refractivity contribution is 9.10. The molecule has 1 N–H and O–H groups in total. The Hall–Kier alpha value is -0.540. The summed E-state index contributed by atoms with van der Waals surface area (Å²) in [5.41, 5.74) is 1.74. The van der Waals surface area contributed by atoms with Gasteiger partial charge in [0.1, 0.15) is 5.75 Å². The third-order valence-electron chi connectivity index (χ3n) is 4.53. The number of rotatable bonds is 5. The molecule has 2 nitrogen and oxygen atoms in total. The summed E-state index contributed by atoms with van der Waals surface area (Å²) in [6.07, 6.45) is 5.19. The summed E-state index contributed by atoms with van der Waals surface area (Å²) in [6, 6.07) is 6.70. The van der Waals surface area contributed by atoms with Crippen LogP contribution in [0.1, 0.15) is 65.0 Å². The van der Waals surface area contributed by atoms with Crippen molar-refractivity contribution in [3.05, 3.63) is 28.2 Å². The number of nitrogens with one attached hydrogen (secondary N) is 1. The van der Waals surface area contributed by atoms with Crippen LogP contribution in [-0.2, 0) is 0 Å². The molecule has 1 saturated carbocycles. The molecule has 0 amide bonds. The number of hydrogen-bond donors (Lipinski definition) is 1. The first-order chi connectivity index (χ1) is 9.91. The summed E-state index contributed by atoms with van der Waals surface area (Å²) in [6.45, 7) is 10.0. The zero-order valence-corrected chi connectivity index (χ0v) is 15.3. The van der Waals surface area contributed by atoms with Gasteiger partial charge in [0, 0.05) is 16.1 Å². The molecule has 0 saturated heterocycles. The van der Waals surface area contributed by atoms with Crippen LogP contribution in [0.15, 0.2) is 22.7 Å². The topological polar surface area (TPSA) is 21.3 Å². The van der Waals surface area contributed by atoms with Gasteiger partial charge in [-0.1, -0.05) is 42.8 Å². The van der Waals surface area contributed by atoms with Gasteiger partial charge in [-0.05, 0) is 56.7 Å². The molecule has 3 heteroatoms. The van der Waals surface area contributed by atoms with Crippen molar-refractivity contribution < 1.29 is 4.74 Å². The van der Waals surface area contributed by atoms with Gasteiger partial charge >= 0.3 is 0 Å². The summed E-state index contributed by atoms with van der Waals surface area (Å²) in [7, 11) is 0. The molecule has 1 unspecified atom stereocenters. The minimum absolute atomic E-state index is 0.318. The fraction of sp³-hybridized carbons (Fsp3) is 0.667. The minimum atomic E-state index is 0.318. The van der Waals surface area contributed by atoms with Gasteiger partial charge < -0.3 is 10.1 Å². The van der Waals surface area contributed by atoms with Crippen LogP contribution in [-0.4, -0.2) is 12.6 Å². The summed E-state index contributed by atoms with van der Waals surface area (Å²) in [5.74, 6) is 1.03. The van der Waals surface area contributed by atoms with E-state index in [0.717, 1.165) is 29.6 Å². The smallest absolute Gasteiger partial charge is 0.125 e. The van der Waals surface area contributed by atoms with Crippen molar-refractivity contribution in [2.75, 3.05) is 6.54 Å². The average molecular weight is 354 g/mol. The second-order valence-electron chi connectivity index (χ2n) is 6.94. The molecule has 118 valence electrons. The van der Waals surface area contributed by atoms with E-state index in [2.05, 4.69) is 67.1 Å². The maximum absolute atomic E-state index is 6.36. The van der Waals surface area contributed by atoms with E-state index >= 15 is 0 Å². The third kappa shape index (κ3) is 4.72. The fourth-order valence-electron chi connectivity index (χ4n) is 3.05. The Balaban J connectivity index is 2.10. The normalized spacial score (nSPS) is 20.2. The summed E-state index contributed by atoms with van der Waals surface area (Å²) < 4.78 is 7.44. The van der Waals surface area contributed by atoms with Crippen LogP contribution in [0.5, 0.6) is 5.75 Å². The first-order valence-corrected chi connectivity index (χ1v) is 8.90. The molecule has 0 heterocycles. The number of benzene rings is 1. The summed E-state index contributed by atoms with van der Waals surface area (Å²) in [5, 5.41) is 3.48. The first-order valence-electron chi connectivity index (χ1n) is 8.11. The largest absolute Gasteiger partial charge is 0.490 e. The quantitative estimate of drug-likeness (QED) is 0.757. The maximum atomic E-state index is 6.36. The lowest BCUT2D eigenvalue weighted by molar-refractivity contribution is 0.0974. The lowest BCUT2D eigenvalue weighted by Crippen LogP contribution is -2.29. The second kappa shape index (κ2) is 7.15. The van der Waals surface area contributed by atoms with Gasteiger partial charge in [-0.3, -0.25) is 0 Å². The zero-order valence-electron chi connectivity index (χ0n) is 13.7. The molecular formula is C18H28BrNO. The van der Waals surface area contributed by atoms with Crippen molar-refractivity contribution in [1.82, 2.24) is 5.32 Å². The highest BCUT2D eigenvalue weighted by Gasteiger charge is 2.28. The monoisotopic (exact) mass is 353 g/mol. The Morgan fingerprint density at radius 1 is 1.33 bits per heavy atom. The molecule has 1 fully saturated rings. The van der Waals surface area contributed by atoms with E-state index in [1.54, 1.807) is 0 Å². The SMILES string of the molecule is CCNC(C)c1ccc(Br)cc1OC1CCC(C)(C)CC1. The van der Waals surface area contributed by atoms with E-state index in [-0.39, 0.29) is 0 Å². The van der Waals surface area contributed by atoms with Gasteiger partial charge in [0.05, 0.1) is 6.10 Å². The molecule has 1 aromatic rings. The van der Waals surface area contributed by atoms with E-state index in [9.17, 15) is 0 Å². The molecule has 0 radical (unpaired) electrons. The van der Waals surface area contributed by atoms with Gasteiger partial charge in [0.2, 0.25) is 0 Å². The Bertz CT molecular complexity index is 462.